The van der Waals surface area contributed by atoms with Crippen LogP contribution < -0.4 is 0 Å². The summed E-state index contributed by atoms with van der Waals surface area (Å²) in [5, 5.41) is 3.48. The SMILES string of the molecule is Clc1nc(CN2CCC3(CC2)OCCO3)nc2sccc12. The van der Waals surface area contributed by atoms with Gasteiger partial charge in [-0.1, -0.05) is 11.6 Å². The number of nitrogens with zero attached hydrogens (tertiary/aromatic N) is 3. The zero-order valence-corrected chi connectivity index (χ0v) is 13.1. The van der Waals surface area contributed by atoms with Crippen LogP contribution in [0.2, 0.25) is 5.15 Å². The van der Waals surface area contributed by atoms with E-state index in [1.165, 1.54) is 0 Å². The summed E-state index contributed by atoms with van der Waals surface area (Å²) in [6.45, 7) is 4.03. The lowest BCUT2D eigenvalue weighted by Crippen LogP contribution is -2.44. The van der Waals surface area contributed by atoms with Gasteiger partial charge in [-0.3, -0.25) is 4.90 Å². The number of halogens is 1. The van der Waals surface area contributed by atoms with E-state index in [0.29, 0.717) is 18.4 Å². The van der Waals surface area contributed by atoms with Crippen LogP contribution in [0.3, 0.4) is 0 Å². The smallest absolute Gasteiger partial charge is 0.170 e. The maximum atomic E-state index is 6.22. The fraction of sp³-hybridized carbons (Fsp3) is 0.571. The van der Waals surface area contributed by atoms with Crippen molar-refractivity contribution in [1.82, 2.24) is 14.9 Å². The quantitative estimate of drug-likeness (QED) is 0.794. The largest absolute Gasteiger partial charge is 0.347 e. The Kier molecular flexibility index (Phi) is 3.59. The van der Waals surface area contributed by atoms with Crippen molar-refractivity contribution >= 4 is 33.2 Å². The zero-order chi connectivity index (χ0) is 14.3. The zero-order valence-electron chi connectivity index (χ0n) is 11.5. The Morgan fingerprint density at radius 2 is 2.00 bits per heavy atom. The first-order valence-electron chi connectivity index (χ1n) is 7.14. The lowest BCUT2D eigenvalue weighted by molar-refractivity contribution is -0.185. The highest BCUT2D eigenvalue weighted by Gasteiger charge is 2.39. The molecular formula is C14H16ClN3O2S. The second kappa shape index (κ2) is 5.44. The molecule has 0 aliphatic carbocycles. The van der Waals surface area contributed by atoms with Crippen LogP contribution in [0.15, 0.2) is 11.4 Å². The summed E-state index contributed by atoms with van der Waals surface area (Å²) in [6, 6.07) is 1.96. The molecule has 0 amide bonds. The lowest BCUT2D eigenvalue weighted by atomic mass is 10.0. The second-order valence-corrected chi connectivity index (χ2v) is 6.71. The van der Waals surface area contributed by atoms with E-state index in [1.807, 2.05) is 11.4 Å². The van der Waals surface area contributed by atoms with Crippen molar-refractivity contribution < 1.29 is 9.47 Å². The normalized spacial score (nSPS) is 22.3. The summed E-state index contributed by atoms with van der Waals surface area (Å²) in [5.74, 6) is 0.464. The first-order valence-corrected chi connectivity index (χ1v) is 8.40. The first-order chi connectivity index (χ1) is 10.2. The van der Waals surface area contributed by atoms with Gasteiger partial charge in [0.05, 0.1) is 19.8 Å². The Labute approximate surface area is 131 Å². The lowest BCUT2D eigenvalue weighted by Gasteiger charge is -2.37. The molecule has 21 heavy (non-hydrogen) atoms. The summed E-state index contributed by atoms with van der Waals surface area (Å²) >= 11 is 7.82. The predicted molar refractivity (Wildman–Crippen MR) is 81.6 cm³/mol. The van der Waals surface area contributed by atoms with E-state index in [0.717, 1.165) is 48.5 Å². The van der Waals surface area contributed by atoms with Crippen LogP contribution in [0.5, 0.6) is 0 Å². The highest BCUT2D eigenvalue weighted by atomic mass is 35.5. The fourth-order valence-electron chi connectivity index (χ4n) is 2.97. The summed E-state index contributed by atoms with van der Waals surface area (Å²) in [6.07, 6.45) is 1.81. The third-order valence-electron chi connectivity index (χ3n) is 4.12. The van der Waals surface area contributed by atoms with Crippen molar-refractivity contribution in [2.75, 3.05) is 26.3 Å². The van der Waals surface area contributed by atoms with E-state index >= 15 is 0 Å². The Morgan fingerprint density at radius 3 is 2.76 bits per heavy atom. The molecule has 2 aliphatic rings. The first kappa shape index (κ1) is 13.8. The summed E-state index contributed by atoms with van der Waals surface area (Å²) in [5.41, 5.74) is 0. The van der Waals surface area contributed by atoms with Crippen LogP contribution >= 0.6 is 22.9 Å². The van der Waals surface area contributed by atoms with Crippen LogP contribution in [0.4, 0.5) is 0 Å². The van der Waals surface area contributed by atoms with Gasteiger partial charge in [0.25, 0.3) is 0 Å². The minimum Gasteiger partial charge on any atom is -0.347 e. The maximum Gasteiger partial charge on any atom is 0.170 e. The van der Waals surface area contributed by atoms with E-state index in [-0.39, 0.29) is 5.79 Å². The van der Waals surface area contributed by atoms with Crippen molar-refractivity contribution in [2.45, 2.75) is 25.2 Å². The van der Waals surface area contributed by atoms with Gasteiger partial charge in [0, 0.05) is 31.3 Å². The van der Waals surface area contributed by atoms with Crippen molar-refractivity contribution in [3.8, 4) is 0 Å². The van der Waals surface area contributed by atoms with Crippen LogP contribution in [0.1, 0.15) is 18.7 Å². The Morgan fingerprint density at radius 1 is 1.24 bits per heavy atom. The number of fused-ring (bicyclic) bond motifs is 1. The molecule has 0 saturated carbocycles. The highest BCUT2D eigenvalue weighted by Crippen LogP contribution is 2.32. The number of hydrogen-bond acceptors (Lipinski definition) is 6. The van der Waals surface area contributed by atoms with Crippen molar-refractivity contribution in [3.05, 3.63) is 22.4 Å². The van der Waals surface area contributed by atoms with E-state index in [4.69, 9.17) is 21.1 Å². The molecule has 0 bridgehead atoms. The van der Waals surface area contributed by atoms with Gasteiger partial charge >= 0.3 is 0 Å². The molecule has 0 aromatic carbocycles. The molecule has 4 heterocycles. The number of ether oxygens (including phenoxy) is 2. The second-order valence-electron chi connectivity index (χ2n) is 5.45. The number of hydrogen-bond donors (Lipinski definition) is 0. The molecule has 112 valence electrons. The topological polar surface area (TPSA) is 47.5 Å². The monoisotopic (exact) mass is 325 g/mol. The molecule has 0 radical (unpaired) electrons. The molecule has 2 aliphatic heterocycles. The molecule has 2 saturated heterocycles. The molecule has 0 unspecified atom stereocenters. The summed E-state index contributed by atoms with van der Waals surface area (Å²) < 4.78 is 11.5. The van der Waals surface area contributed by atoms with Gasteiger partial charge < -0.3 is 9.47 Å². The standard InChI is InChI=1S/C14H16ClN3O2S/c15-12-10-1-8-21-13(10)17-11(16-12)9-18-4-2-14(3-5-18)19-6-7-20-14/h1,8H,2-7,9H2. The van der Waals surface area contributed by atoms with Gasteiger partial charge in [-0.25, -0.2) is 9.97 Å². The number of aromatic nitrogens is 2. The molecule has 4 rings (SSSR count). The van der Waals surface area contributed by atoms with E-state index in [9.17, 15) is 0 Å². The van der Waals surface area contributed by atoms with Gasteiger partial charge in [-0.2, -0.15) is 0 Å². The minimum absolute atomic E-state index is 0.327. The predicted octanol–water partition coefficient (Wildman–Crippen LogP) is 2.68. The molecule has 5 nitrogen and oxygen atoms in total. The molecule has 2 fully saturated rings. The van der Waals surface area contributed by atoms with Gasteiger partial charge in [-0.05, 0) is 11.4 Å². The van der Waals surface area contributed by atoms with Crippen LogP contribution in [-0.2, 0) is 16.0 Å². The fourth-order valence-corrected chi connectivity index (χ4v) is 4.06. The van der Waals surface area contributed by atoms with E-state index in [1.54, 1.807) is 11.3 Å². The summed E-state index contributed by atoms with van der Waals surface area (Å²) in [7, 11) is 0. The van der Waals surface area contributed by atoms with Crippen LogP contribution in [0.25, 0.3) is 10.2 Å². The Balaban J connectivity index is 1.46. The minimum atomic E-state index is -0.327. The molecule has 2 aromatic rings. The van der Waals surface area contributed by atoms with E-state index < -0.39 is 0 Å². The van der Waals surface area contributed by atoms with Gasteiger partial charge in [0.15, 0.2) is 5.79 Å². The highest BCUT2D eigenvalue weighted by molar-refractivity contribution is 7.16. The number of thiophene rings is 1. The summed E-state index contributed by atoms with van der Waals surface area (Å²) in [4.78, 5) is 12.3. The molecule has 2 aromatic heterocycles. The average molecular weight is 326 g/mol. The van der Waals surface area contributed by atoms with Crippen LogP contribution in [-0.4, -0.2) is 47.0 Å². The molecular weight excluding hydrogens is 310 g/mol. The van der Waals surface area contributed by atoms with Crippen molar-refractivity contribution in [1.29, 1.82) is 0 Å². The van der Waals surface area contributed by atoms with Gasteiger partial charge in [0.1, 0.15) is 15.8 Å². The Bertz CT molecular complexity index is 647. The maximum absolute atomic E-state index is 6.22. The van der Waals surface area contributed by atoms with E-state index in [2.05, 4.69) is 14.9 Å². The van der Waals surface area contributed by atoms with Crippen LogP contribution in [0, 0.1) is 0 Å². The molecule has 0 atom stereocenters. The number of piperidine rings is 1. The molecule has 1 spiro atoms. The van der Waals surface area contributed by atoms with Crippen molar-refractivity contribution in [2.24, 2.45) is 0 Å². The Hall–Kier alpha value is -0.790. The van der Waals surface area contributed by atoms with Gasteiger partial charge in [-0.15, -0.1) is 11.3 Å². The van der Waals surface area contributed by atoms with Gasteiger partial charge in [0.2, 0.25) is 0 Å². The number of rotatable bonds is 2. The van der Waals surface area contributed by atoms with Crippen molar-refractivity contribution in [3.63, 3.8) is 0 Å². The molecule has 7 heteroatoms. The molecule has 0 N–H and O–H groups in total. The third-order valence-corrected chi connectivity index (χ3v) is 5.22. The third kappa shape index (κ3) is 2.66. The number of likely N-dealkylation sites (tertiary alicyclic amines) is 1. The average Bonchev–Trinajstić information content (AvgIpc) is 3.11.